The van der Waals surface area contributed by atoms with Gasteiger partial charge in [0.25, 0.3) is 0 Å². The van der Waals surface area contributed by atoms with Crippen molar-refractivity contribution in [2.24, 2.45) is 0 Å². The second-order valence-corrected chi connectivity index (χ2v) is 4.20. The Balaban J connectivity index is 2.26. The number of aromatic nitrogens is 4. The highest BCUT2D eigenvalue weighted by Crippen LogP contribution is 2.20. The first-order valence-electron chi connectivity index (χ1n) is 5.30. The lowest BCUT2D eigenvalue weighted by molar-refractivity contribution is 0.630. The van der Waals surface area contributed by atoms with Crippen LogP contribution in [0, 0.1) is 12.7 Å². The van der Waals surface area contributed by atoms with Crippen molar-refractivity contribution in [3.63, 3.8) is 0 Å². The molecule has 1 aromatic carbocycles. The van der Waals surface area contributed by atoms with E-state index in [2.05, 4.69) is 15.1 Å². The maximum Gasteiger partial charge on any atom is 0.185 e. The molecule has 6 heteroatoms. The van der Waals surface area contributed by atoms with Crippen LogP contribution in [0.4, 0.5) is 4.39 Å². The van der Waals surface area contributed by atoms with Gasteiger partial charge in [-0.2, -0.15) is 4.52 Å². The zero-order valence-electron chi connectivity index (χ0n) is 9.43. The van der Waals surface area contributed by atoms with Crippen molar-refractivity contribution in [3.8, 4) is 11.4 Å². The maximum absolute atomic E-state index is 13.7. The lowest BCUT2D eigenvalue weighted by atomic mass is 10.2. The number of benzene rings is 1. The van der Waals surface area contributed by atoms with Gasteiger partial charge in [-0.05, 0) is 19.1 Å². The van der Waals surface area contributed by atoms with Crippen LogP contribution in [0.3, 0.4) is 0 Å². The summed E-state index contributed by atoms with van der Waals surface area (Å²) in [5.41, 5.74) is 0.905. The van der Waals surface area contributed by atoms with Gasteiger partial charge in [-0.3, -0.25) is 0 Å². The molecule has 0 N–H and O–H groups in total. The second kappa shape index (κ2) is 4.03. The van der Waals surface area contributed by atoms with Crippen molar-refractivity contribution < 1.29 is 4.39 Å². The fraction of sp³-hybridized carbons (Fsp3) is 0.0833. The minimum Gasteiger partial charge on any atom is -0.221 e. The standard InChI is InChI=1S/C12H8ClFN4/c1-7-15-10(13)6-11-16-12(17-18(7)11)8-4-2-3-5-9(8)14/h2-6H,1H3. The summed E-state index contributed by atoms with van der Waals surface area (Å²) in [6.07, 6.45) is 0. The average molecular weight is 263 g/mol. The predicted octanol–water partition coefficient (Wildman–Crippen LogP) is 2.89. The number of rotatable bonds is 1. The van der Waals surface area contributed by atoms with Crippen LogP contribution in [-0.2, 0) is 0 Å². The maximum atomic E-state index is 13.7. The topological polar surface area (TPSA) is 43.1 Å². The molecule has 18 heavy (non-hydrogen) atoms. The van der Waals surface area contributed by atoms with Crippen LogP contribution < -0.4 is 0 Å². The van der Waals surface area contributed by atoms with Crippen molar-refractivity contribution in [2.75, 3.05) is 0 Å². The number of aryl methyl sites for hydroxylation is 1. The zero-order valence-corrected chi connectivity index (χ0v) is 10.2. The monoisotopic (exact) mass is 262 g/mol. The molecule has 4 nitrogen and oxygen atoms in total. The molecule has 3 rings (SSSR count). The molecule has 0 atom stereocenters. The number of nitrogens with zero attached hydrogens (tertiary/aromatic N) is 4. The minimum atomic E-state index is -0.356. The summed E-state index contributed by atoms with van der Waals surface area (Å²) >= 11 is 5.84. The Hall–Kier alpha value is -2.01. The fourth-order valence-electron chi connectivity index (χ4n) is 1.75. The summed E-state index contributed by atoms with van der Waals surface area (Å²) in [5.74, 6) is 0.568. The van der Waals surface area contributed by atoms with E-state index in [1.165, 1.54) is 10.6 Å². The minimum absolute atomic E-state index is 0.320. The highest BCUT2D eigenvalue weighted by atomic mass is 35.5. The number of hydrogen-bond acceptors (Lipinski definition) is 3. The van der Waals surface area contributed by atoms with Gasteiger partial charge in [-0.25, -0.2) is 14.4 Å². The molecule has 0 amide bonds. The van der Waals surface area contributed by atoms with E-state index in [9.17, 15) is 4.39 Å². The number of fused-ring (bicyclic) bond motifs is 1. The summed E-state index contributed by atoms with van der Waals surface area (Å²) in [4.78, 5) is 8.32. The van der Waals surface area contributed by atoms with E-state index < -0.39 is 0 Å². The Bertz CT molecular complexity index is 738. The molecular formula is C12H8ClFN4. The summed E-state index contributed by atoms with van der Waals surface area (Å²) < 4.78 is 15.2. The molecule has 0 fully saturated rings. The zero-order chi connectivity index (χ0) is 12.7. The van der Waals surface area contributed by atoms with Crippen molar-refractivity contribution in [3.05, 3.63) is 47.1 Å². The van der Waals surface area contributed by atoms with Gasteiger partial charge in [0.05, 0.1) is 5.56 Å². The third kappa shape index (κ3) is 1.73. The van der Waals surface area contributed by atoms with Crippen LogP contribution in [0.2, 0.25) is 5.15 Å². The summed E-state index contributed by atoms with van der Waals surface area (Å²) in [6.45, 7) is 1.76. The van der Waals surface area contributed by atoms with E-state index in [1.54, 1.807) is 31.2 Å². The van der Waals surface area contributed by atoms with Gasteiger partial charge in [0, 0.05) is 6.07 Å². The Morgan fingerprint density at radius 3 is 2.78 bits per heavy atom. The van der Waals surface area contributed by atoms with E-state index in [0.717, 1.165) is 0 Å². The smallest absolute Gasteiger partial charge is 0.185 e. The molecule has 0 aliphatic rings. The molecule has 0 spiro atoms. The third-order valence-corrected chi connectivity index (χ3v) is 2.76. The Labute approximate surface area is 107 Å². The molecule has 2 aromatic heterocycles. The normalized spacial score (nSPS) is 11.1. The number of hydrogen-bond donors (Lipinski definition) is 0. The summed E-state index contributed by atoms with van der Waals surface area (Å²) in [6, 6.07) is 7.96. The average Bonchev–Trinajstić information content (AvgIpc) is 2.73. The van der Waals surface area contributed by atoms with E-state index in [-0.39, 0.29) is 5.82 Å². The first-order chi connectivity index (χ1) is 8.65. The number of halogens is 2. The summed E-state index contributed by atoms with van der Waals surface area (Å²) in [7, 11) is 0. The third-order valence-electron chi connectivity index (χ3n) is 2.57. The van der Waals surface area contributed by atoms with Gasteiger partial charge in [-0.15, -0.1) is 5.10 Å². The van der Waals surface area contributed by atoms with Gasteiger partial charge in [-0.1, -0.05) is 23.7 Å². The van der Waals surface area contributed by atoms with Gasteiger partial charge in [0.15, 0.2) is 11.5 Å². The Kier molecular flexibility index (Phi) is 2.48. The molecule has 0 unspecified atom stereocenters. The van der Waals surface area contributed by atoms with Crippen LogP contribution in [-0.4, -0.2) is 19.6 Å². The van der Waals surface area contributed by atoms with E-state index in [4.69, 9.17) is 11.6 Å². The van der Waals surface area contributed by atoms with Crippen molar-refractivity contribution in [2.45, 2.75) is 6.92 Å². The van der Waals surface area contributed by atoms with E-state index in [0.29, 0.717) is 28.0 Å². The molecule has 0 bridgehead atoms. The molecular weight excluding hydrogens is 255 g/mol. The molecule has 0 saturated heterocycles. The van der Waals surface area contributed by atoms with Crippen LogP contribution in [0.25, 0.3) is 17.0 Å². The fourth-order valence-corrected chi connectivity index (χ4v) is 1.97. The summed E-state index contributed by atoms with van der Waals surface area (Å²) in [5, 5.41) is 4.57. The van der Waals surface area contributed by atoms with Crippen LogP contribution in [0.5, 0.6) is 0 Å². The molecule has 0 saturated carbocycles. The molecule has 0 aliphatic carbocycles. The quantitative estimate of drug-likeness (QED) is 0.634. The SMILES string of the molecule is Cc1nc(Cl)cc2nc(-c3ccccc3F)nn12. The van der Waals surface area contributed by atoms with Crippen molar-refractivity contribution in [1.29, 1.82) is 0 Å². The predicted molar refractivity (Wildman–Crippen MR) is 65.9 cm³/mol. The van der Waals surface area contributed by atoms with E-state index in [1.807, 2.05) is 0 Å². The lowest BCUT2D eigenvalue weighted by Gasteiger charge is -1.96. The molecule has 2 heterocycles. The van der Waals surface area contributed by atoms with Gasteiger partial charge < -0.3 is 0 Å². The largest absolute Gasteiger partial charge is 0.221 e. The molecule has 0 aliphatic heterocycles. The van der Waals surface area contributed by atoms with Gasteiger partial charge in [0.1, 0.15) is 16.8 Å². The first-order valence-corrected chi connectivity index (χ1v) is 5.68. The van der Waals surface area contributed by atoms with Crippen LogP contribution in [0.1, 0.15) is 5.82 Å². The van der Waals surface area contributed by atoms with Crippen LogP contribution >= 0.6 is 11.6 Å². The van der Waals surface area contributed by atoms with Crippen molar-refractivity contribution in [1.82, 2.24) is 19.6 Å². The van der Waals surface area contributed by atoms with Crippen molar-refractivity contribution >= 4 is 17.2 Å². The van der Waals surface area contributed by atoms with Crippen LogP contribution in [0.15, 0.2) is 30.3 Å². The molecule has 0 radical (unpaired) electrons. The Morgan fingerprint density at radius 1 is 1.22 bits per heavy atom. The van der Waals surface area contributed by atoms with E-state index >= 15 is 0 Å². The second-order valence-electron chi connectivity index (χ2n) is 3.81. The highest BCUT2D eigenvalue weighted by Gasteiger charge is 2.12. The van der Waals surface area contributed by atoms with Gasteiger partial charge in [0.2, 0.25) is 0 Å². The first kappa shape index (κ1) is 11.1. The molecule has 90 valence electrons. The molecule has 3 aromatic rings. The lowest BCUT2D eigenvalue weighted by Crippen LogP contribution is -1.97. The van der Waals surface area contributed by atoms with Gasteiger partial charge >= 0.3 is 0 Å². The highest BCUT2D eigenvalue weighted by molar-refractivity contribution is 6.29. The Morgan fingerprint density at radius 2 is 2.00 bits per heavy atom.